The number of rotatable bonds is 5. The van der Waals surface area contributed by atoms with Crippen LogP contribution in [0.25, 0.3) is 0 Å². The monoisotopic (exact) mass is 374 g/mol. The molecule has 1 fully saturated rings. The molecule has 2 aromatic carbocycles. The van der Waals surface area contributed by atoms with Crippen molar-refractivity contribution in [2.75, 3.05) is 13.1 Å². The number of aromatic nitrogens is 3. The number of hydrogen-bond acceptors (Lipinski definition) is 4. The lowest BCUT2D eigenvalue weighted by molar-refractivity contribution is 0.0650. The van der Waals surface area contributed by atoms with Crippen LogP contribution in [0.3, 0.4) is 0 Å². The second-order valence-corrected chi connectivity index (χ2v) is 7.09. The molecular weight excluding hydrogens is 352 g/mol. The van der Waals surface area contributed by atoms with E-state index in [2.05, 4.69) is 10.1 Å². The van der Waals surface area contributed by atoms with Crippen molar-refractivity contribution in [3.05, 3.63) is 83.9 Å². The molecule has 0 N–H and O–H groups in total. The second kappa shape index (κ2) is 8.17. The summed E-state index contributed by atoms with van der Waals surface area (Å²) in [5.74, 6) is 0.208. The Bertz CT molecular complexity index is 928. The van der Waals surface area contributed by atoms with E-state index in [4.69, 9.17) is 0 Å². The molecule has 1 aliphatic rings. The molecule has 0 atom stereocenters. The Balaban J connectivity index is 1.34. The average molecular weight is 374 g/mol. The van der Waals surface area contributed by atoms with Gasteiger partial charge in [0.15, 0.2) is 5.78 Å². The Hall–Kier alpha value is -3.28. The van der Waals surface area contributed by atoms with E-state index >= 15 is 0 Å². The number of ketones is 1. The fourth-order valence-corrected chi connectivity index (χ4v) is 3.62. The fraction of sp³-hybridized carbons (Fsp3) is 0.273. The Labute approximate surface area is 163 Å². The SMILES string of the molecule is O=C(c1ccccc1)C1CCN(C(=O)c2ccc(Cn3cncn3)cc2)CC1. The molecule has 3 aromatic rings. The van der Waals surface area contributed by atoms with Gasteiger partial charge in [-0.3, -0.25) is 9.59 Å². The molecule has 0 unspecified atom stereocenters. The highest BCUT2D eigenvalue weighted by Gasteiger charge is 2.28. The van der Waals surface area contributed by atoms with Crippen LogP contribution in [-0.2, 0) is 6.54 Å². The van der Waals surface area contributed by atoms with Gasteiger partial charge in [-0.15, -0.1) is 0 Å². The van der Waals surface area contributed by atoms with Crippen LogP contribution < -0.4 is 0 Å². The van der Waals surface area contributed by atoms with Crippen LogP contribution in [0.1, 0.15) is 39.1 Å². The van der Waals surface area contributed by atoms with Gasteiger partial charge in [0.25, 0.3) is 5.91 Å². The van der Waals surface area contributed by atoms with E-state index in [0.29, 0.717) is 38.0 Å². The highest BCUT2D eigenvalue weighted by atomic mass is 16.2. The predicted molar refractivity (Wildman–Crippen MR) is 105 cm³/mol. The van der Waals surface area contributed by atoms with E-state index in [1.54, 1.807) is 11.0 Å². The molecule has 2 heterocycles. The summed E-state index contributed by atoms with van der Waals surface area (Å²) in [7, 11) is 0. The van der Waals surface area contributed by atoms with Crippen molar-refractivity contribution in [2.24, 2.45) is 5.92 Å². The summed E-state index contributed by atoms with van der Waals surface area (Å²) >= 11 is 0. The van der Waals surface area contributed by atoms with Gasteiger partial charge in [0.2, 0.25) is 0 Å². The maximum atomic E-state index is 12.8. The topological polar surface area (TPSA) is 68.1 Å². The van der Waals surface area contributed by atoms with Gasteiger partial charge in [0.05, 0.1) is 6.54 Å². The second-order valence-electron chi connectivity index (χ2n) is 7.09. The molecule has 0 aliphatic carbocycles. The molecule has 0 spiro atoms. The van der Waals surface area contributed by atoms with Gasteiger partial charge in [-0.05, 0) is 30.5 Å². The highest BCUT2D eigenvalue weighted by molar-refractivity contribution is 5.98. The third-order valence-electron chi connectivity index (χ3n) is 5.22. The molecule has 1 aliphatic heterocycles. The number of amides is 1. The Morgan fingerprint density at radius 2 is 1.64 bits per heavy atom. The molecule has 0 radical (unpaired) electrons. The first-order chi connectivity index (χ1) is 13.7. The van der Waals surface area contributed by atoms with Crippen LogP contribution in [0, 0.1) is 5.92 Å². The number of carbonyl (C=O) groups excluding carboxylic acids is 2. The lowest BCUT2D eigenvalue weighted by atomic mass is 9.88. The van der Waals surface area contributed by atoms with Gasteiger partial charge in [-0.1, -0.05) is 42.5 Å². The molecule has 0 bridgehead atoms. The Kier molecular flexibility index (Phi) is 5.28. The normalized spacial score (nSPS) is 14.8. The zero-order valence-electron chi connectivity index (χ0n) is 15.6. The fourth-order valence-electron chi connectivity index (χ4n) is 3.62. The smallest absolute Gasteiger partial charge is 0.253 e. The highest BCUT2D eigenvalue weighted by Crippen LogP contribution is 2.23. The summed E-state index contributed by atoms with van der Waals surface area (Å²) in [5, 5.41) is 4.09. The third-order valence-corrected chi connectivity index (χ3v) is 5.22. The van der Waals surface area contributed by atoms with Crippen molar-refractivity contribution in [1.82, 2.24) is 19.7 Å². The van der Waals surface area contributed by atoms with Gasteiger partial charge in [-0.2, -0.15) is 5.10 Å². The third kappa shape index (κ3) is 4.01. The van der Waals surface area contributed by atoms with Crippen molar-refractivity contribution >= 4 is 11.7 Å². The van der Waals surface area contributed by atoms with Crippen LogP contribution >= 0.6 is 0 Å². The Morgan fingerprint density at radius 1 is 0.929 bits per heavy atom. The molecule has 142 valence electrons. The van der Waals surface area contributed by atoms with Crippen LogP contribution in [0.5, 0.6) is 0 Å². The first-order valence-electron chi connectivity index (χ1n) is 9.50. The average Bonchev–Trinajstić information content (AvgIpc) is 3.27. The minimum absolute atomic E-state index is 0.00324. The van der Waals surface area contributed by atoms with Crippen molar-refractivity contribution in [3.8, 4) is 0 Å². The summed E-state index contributed by atoms with van der Waals surface area (Å²) in [6.07, 6.45) is 4.59. The molecular formula is C22H22N4O2. The standard InChI is InChI=1S/C22H22N4O2/c27-21(18-4-2-1-3-5-18)19-10-12-25(13-11-19)22(28)20-8-6-17(7-9-20)14-26-16-23-15-24-26/h1-9,15-16,19H,10-14H2. The lowest BCUT2D eigenvalue weighted by Gasteiger charge is -2.31. The van der Waals surface area contributed by atoms with Crippen molar-refractivity contribution in [2.45, 2.75) is 19.4 Å². The molecule has 1 amide bonds. The lowest BCUT2D eigenvalue weighted by Crippen LogP contribution is -2.40. The summed E-state index contributed by atoms with van der Waals surface area (Å²) in [4.78, 5) is 31.2. The van der Waals surface area contributed by atoms with E-state index < -0.39 is 0 Å². The maximum Gasteiger partial charge on any atom is 0.253 e. The number of Topliss-reactive ketones (excluding diaryl/α,β-unsaturated/α-hetero) is 1. The number of piperidine rings is 1. The molecule has 4 rings (SSSR count). The van der Waals surface area contributed by atoms with E-state index in [9.17, 15) is 9.59 Å². The number of likely N-dealkylation sites (tertiary alicyclic amines) is 1. The van der Waals surface area contributed by atoms with E-state index in [1.807, 2.05) is 59.5 Å². The summed E-state index contributed by atoms with van der Waals surface area (Å²) in [6.45, 7) is 1.85. The van der Waals surface area contributed by atoms with Crippen molar-refractivity contribution < 1.29 is 9.59 Å². The van der Waals surface area contributed by atoms with Crippen LogP contribution in [-0.4, -0.2) is 44.4 Å². The number of carbonyl (C=O) groups is 2. The van der Waals surface area contributed by atoms with Crippen molar-refractivity contribution in [1.29, 1.82) is 0 Å². The summed E-state index contributed by atoms with van der Waals surface area (Å²) in [6, 6.07) is 17.0. The molecule has 28 heavy (non-hydrogen) atoms. The Morgan fingerprint density at radius 3 is 2.29 bits per heavy atom. The van der Waals surface area contributed by atoms with E-state index in [1.165, 1.54) is 6.33 Å². The van der Waals surface area contributed by atoms with Gasteiger partial charge in [0, 0.05) is 30.1 Å². The number of hydrogen-bond donors (Lipinski definition) is 0. The summed E-state index contributed by atoms with van der Waals surface area (Å²) in [5.41, 5.74) is 2.50. The van der Waals surface area contributed by atoms with Gasteiger partial charge in [-0.25, -0.2) is 9.67 Å². The predicted octanol–water partition coefficient (Wildman–Crippen LogP) is 3.06. The first-order valence-corrected chi connectivity index (χ1v) is 9.50. The van der Waals surface area contributed by atoms with Crippen LogP contribution in [0.15, 0.2) is 67.3 Å². The first kappa shape index (κ1) is 18.1. The maximum absolute atomic E-state index is 12.8. The van der Waals surface area contributed by atoms with E-state index in [0.717, 1.165) is 11.1 Å². The minimum atomic E-state index is -0.00324. The molecule has 6 nitrogen and oxygen atoms in total. The molecule has 0 saturated carbocycles. The van der Waals surface area contributed by atoms with Gasteiger partial charge in [0.1, 0.15) is 12.7 Å². The van der Waals surface area contributed by atoms with E-state index in [-0.39, 0.29) is 17.6 Å². The summed E-state index contributed by atoms with van der Waals surface area (Å²) < 4.78 is 1.74. The zero-order chi connectivity index (χ0) is 19.3. The van der Waals surface area contributed by atoms with Crippen LogP contribution in [0.2, 0.25) is 0 Å². The molecule has 6 heteroatoms. The molecule has 1 saturated heterocycles. The van der Waals surface area contributed by atoms with Crippen molar-refractivity contribution in [3.63, 3.8) is 0 Å². The van der Waals surface area contributed by atoms with Crippen LogP contribution in [0.4, 0.5) is 0 Å². The quantitative estimate of drug-likeness (QED) is 0.644. The zero-order valence-corrected chi connectivity index (χ0v) is 15.6. The molecule has 1 aromatic heterocycles. The largest absolute Gasteiger partial charge is 0.339 e. The number of nitrogens with zero attached hydrogens (tertiary/aromatic N) is 4. The van der Waals surface area contributed by atoms with Gasteiger partial charge < -0.3 is 4.90 Å². The minimum Gasteiger partial charge on any atom is -0.339 e. The number of benzene rings is 2. The van der Waals surface area contributed by atoms with Gasteiger partial charge >= 0.3 is 0 Å².